The molecule has 0 aromatic carbocycles. The van der Waals surface area contributed by atoms with Crippen molar-refractivity contribution in [2.24, 2.45) is 0 Å². The molecule has 0 heterocycles. The predicted molar refractivity (Wildman–Crippen MR) is 75.8 cm³/mol. The van der Waals surface area contributed by atoms with Crippen molar-refractivity contribution >= 4 is 11.8 Å². The Morgan fingerprint density at radius 2 is 1.79 bits per heavy atom. The zero-order chi connectivity index (χ0) is 14.1. The molecule has 3 N–H and O–H groups in total. The first-order chi connectivity index (χ1) is 9.08. The normalized spacial score (nSPS) is 16.4. The van der Waals surface area contributed by atoms with Gasteiger partial charge in [0.1, 0.15) is 0 Å². The van der Waals surface area contributed by atoms with Gasteiger partial charge in [-0.3, -0.25) is 9.59 Å². The van der Waals surface area contributed by atoms with E-state index in [1.807, 2.05) is 13.8 Å². The summed E-state index contributed by atoms with van der Waals surface area (Å²) in [5, 5.41) is 8.86. The van der Waals surface area contributed by atoms with E-state index in [9.17, 15) is 9.59 Å². The average molecular weight is 269 g/mol. The van der Waals surface area contributed by atoms with Crippen LogP contribution in [0.1, 0.15) is 52.4 Å². The molecule has 1 saturated carbocycles. The van der Waals surface area contributed by atoms with E-state index in [2.05, 4.69) is 16.0 Å². The first-order valence-corrected chi connectivity index (χ1v) is 7.37. The molecule has 0 unspecified atom stereocenters. The van der Waals surface area contributed by atoms with Gasteiger partial charge in [-0.15, -0.1) is 0 Å². The van der Waals surface area contributed by atoms with E-state index < -0.39 is 0 Å². The summed E-state index contributed by atoms with van der Waals surface area (Å²) in [5.41, 5.74) is 0. The van der Waals surface area contributed by atoms with Crippen LogP contribution in [0, 0.1) is 0 Å². The van der Waals surface area contributed by atoms with E-state index in [1.165, 1.54) is 19.3 Å². The van der Waals surface area contributed by atoms with Crippen molar-refractivity contribution < 1.29 is 9.59 Å². The lowest BCUT2D eigenvalue weighted by Crippen LogP contribution is -2.42. The van der Waals surface area contributed by atoms with Crippen LogP contribution in [0.15, 0.2) is 0 Å². The van der Waals surface area contributed by atoms with Gasteiger partial charge in [-0.25, -0.2) is 0 Å². The Hall–Kier alpha value is -1.10. The number of amides is 2. The number of hydrogen-bond acceptors (Lipinski definition) is 3. The van der Waals surface area contributed by atoms with Crippen molar-refractivity contribution in [3.8, 4) is 0 Å². The van der Waals surface area contributed by atoms with Gasteiger partial charge in [0, 0.05) is 25.0 Å². The van der Waals surface area contributed by atoms with Crippen LogP contribution in [0.4, 0.5) is 0 Å². The van der Waals surface area contributed by atoms with Gasteiger partial charge in [0.25, 0.3) is 0 Å². The van der Waals surface area contributed by atoms with E-state index in [0.29, 0.717) is 25.6 Å². The second kappa shape index (κ2) is 8.91. The van der Waals surface area contributed by atoms with E-state index in [4.69, 9.17) is 0 Å². The fourth-order valence-corrected chi connectivity index (χ4v) is 2.32. The molecule has 5 nitrogen and oxygen atoms in total. The van der Waals surface area contributed by atoms with Gasteiger partial charge < -0.3 is 16.0 Å². The Morgan fingerprint density at radius 1 is 1.11 bits per heavy atom. The molecule has 1 fully saturated rings. The zero-order valence-electron chi connectivity index (χ0n) is 12.1. The molecule has 2 amide bonds. The maximum atomic E-state index is 11.7. The maximum Gasteiger partial charge on any atom is 0.234 e. The van der Waals surface area contributed by atoms with Gasteiger partial charge in [0.15, 0.2) is 0 Å². The zero-order valence-corrected chi connectivity index (χ0v) is 12.1. The largest absolute Gasteiger partial charge is 0.354 e. The van der Waals surface area contributed by atoms with Crippen LogP contribution < -0.4 is 16.0 Å². The second-order valence-electron chi connectivity index (χ2n) is 5.55. The minimum atomic E-state index is 0.0233. The molecule has 0 aliphatic heterocycles. The summed E-state index contributed by atoms with van der Waals surface area (Å²) in [5.74, 6) is 0.0614. The third-order valence-corrected chi connectivity index (χ3v) is 3.23. The molecule has 0 radical (unpaired) electrons. The summed E-state index contributed by atoms with van der Waals surface area (Å²) in [6, 6.07) is 0.523. The van der Waals surface area contributed by atoms with Crippen LogP contribution in [0.3, 0.4) is 0 Å². The smallest absolute Gasteiger partial charge is 0.234 e. The van der Waals surface area contributed by atoms with Crippen molar-refractivity contribution in [3.05, 3.63) is 0 Å². The van der Waals surface area contributed by atoms with Crippen LogP contribution in [0.2, 0.25) is 0 Å². The van der Waals surface area contributed by atoms with E-state index in [1.54, 1.807) is 0 Å². The topological polar surface area (TPSA) is 70.2 Å². The highest BCUT2D eigenvalue weighted by molar-refractivity contribution is 5.78. The summed E-state index contributed by atoms with van der Waals surface area (Å²) < 4.78 is 0. The van der Waals surface area contributed by atoms with Crippen LogP contribution in [-0.2, 0) is 9.59 Å². The fourth-order valence-electron chi connectivity index (χ4n) is 2.32. The highest BCUT2D eigenvalue weighted by atomic mass is 16.2. The number of carbonyl (C=O) groups is 2. The van der Waals surface area contributed by atoms with E-state index >= 15 is 0 Å². The highest BCUT2D eigenvalue weighted by Gasteiger charge is 2.15. The third-order valence-electron chi connectivity index (χ3n) is 3.23. The molecule has 110 valence electrons. The summed E-state index contributed by atoms with van der Waals surface area (Å²) in [4.78, 5) is 23.0. The van der Waals surface area contributed by atoms with Crippen LogP contribution >= 0.6 is 0 Å². The predicted octanol–water partition coefficient (Wildman–Crippen LogP) is 0.940. The van der Waals surface area contributed by atoms with Crippen molar-refractivity contribution in [2.75, 3.05) is 13.1 Å². The Bertz CT molecular complexity index is 286. The van der Waals surface area contributed by atoms with E-state index in [0.717, 1.165) is 12.8 Å². The number of hydrogen-bond donors (Lipinski definition) is 3. The van der Waals surface area contributed by atoms with Crippen molar-refractivity contribution in [1.82, 2.24) is 16.0 Å². The van der Waals surface area contributed by atoms with Gasteiger partial charge in [-0.1, -0.05) is 19.3 Å². The Morgan fingerprint density at radius 3 is 2.42 bits per heavy atom. The monoisotopic (exact) mass is 269 g/mol. The van der Waals surface area contributed by atoms with Crippen LogP contribution in [0.25, 0.3) is 0 Å². The Kier molecular flexibility index (Phi) is 7.48. The third kappa shape index (κ3) is 7.82. The molecule has 0 saturated heterocycles. The first-order valence-electron chi connectivity index (χ1n) is 7.37. The van der Waals surface area contributed by atoms with Gasteiger partial charge in [0.05, 0.1) is 6.54 Å². The number of carbonyl (C=O) groups excluding carboxylic acids is 2. The molecule has 19 heavy (non-hydrogen) atoms. The van der Waals surface area contributed by atoms with Crippen LogP contribution in [0.5, 0.6) is 0 Å². The Labute approximate surface area is 115 Å². The average Bonchev–Trinajstić information content (AvgIpc) is 2.35. The van der Waals surface area contributed by atoms with E-state index in [-0.39, 0.29) is 17.9 Å². The molecular formula is C14H27N3O2. The maximum absolute atomic E-state index is 11.7. The molecule has 1 rings (SSSR count). The molecule has 0 aromatic rings. The summed E-state index contributed by atoms with van der Waals surface area (Å²) in [7, 11) is 0. The Balaban J connectivity index is 2.02. The fraction of sp³-hybridized carbons (Fsp3) is 0.857. The van der Waals surface area contributed by atoms with Gasteiger partial charge in [-0.05, 0) is 26.7 Å². The lowest BCUT2D eigenvalue weighted by atomic mass is 9.95. The molecule has 1 aliphatic rings. The van der Waals surface area contributed by atoms with Gasteiger partial charge in [-0.2, -0.15) is 0 Å². The number of nitrogens with one attached hydrogen (secondary N) is 3. The lowest BCUT2D eigenvalue weighted by Gasteiger charge is -2.22. The van der Waals surface area contributed by atoms with Crippen molar-refractivity contribution in [3.63, 3.8) is 0 Å². The summed E-state index contributed by atoms with van der Waals surface area (Å²) >= 11 is 0. The van der Waals surface area contributed by atoms with Crippen molar-refractivity contribution in [2.45, 2.75) is 64.5 Å². The quantitative estimate of drug-likeness (QED) is 0.602. The molecular weight excluding hydrogens is 242 g/mol. The summed E-state index contributed by atoms with van der Waals surface area (Å²) in [6.45, 7) is 4.70. The lowest BCUT2D eigenvalue weighted by molar-refractivity contribution is -0.123. The number of rotatable bonds is 7. The minimum Gasteiger partial charge on any atom is -0.354 e. The van der Waals surface area contributed by atoms with Crippen molar-refractivity contribution in [1.29, 1.82) is 0 Å². The molecule has 0 spiro atoms. The SMILES string of the molecule is CC(C)NC(=O)CCNCC(=O)NC1CCCCC1. The standard InChI is InChI=1S/C14H27N3O2/c1-11(2)16-13(18)8-9-15-10-14(19)17-12-6-4-3-5-7-12/h11-12,15H,3-10H2,1-2H3,(H,16,18)(H,17,19). The minimum absolute atomic E-state index is 0.0233. The molecule has 0 aromatic heterocycles. The molecule has 0 bridgehead atoms. The van der Waals surface area contributed by atoms with Gasteiger partial charge in [0.2, 0.25) is 11.8 Å². The molecule has 1 aliphatic carbocycles. The molecule has 0 atom stereocenters. The second-order valence-corrected chi connectivity index (χ2v) is 5.55. The summed E-state index contributed by atoms with van der Waals surface area (Å²) in [6.07, 6.45) is 6.33. The molecule has 5 heteroatoms. The first kappa shape index (κ1) is 16.0. The van der Waals surface area contributed by atoms with Crippen LogP contribution in [-0.4, -0.2) is 37.0 Å². The highest BCUT2D eigenvalue weighted by Crippen LogP contribution is 2.16. The van der Waals surface area contributed by atoms with Gasteiger partial charge >= 0.3 is 0 Å².